The van der Waals surface area contributed by atoms with Crippen molar-refractivity contribution in [3.8, 4) is 17.1 Å². The fraction of sp³-hybridized carbons (Fsp3) is 0.273. The lowest BCUT2D eigenvalue weighted by molar-refractivity contribution is 0.304. The molecule has 1 aromatic heterocycles. The van der Waals surface area contributed by atoms with Crippen LogP contribution in [0.3, 0.4) is 0 Å². The molecule has 0 aliphatic heterocycles. The van der Waals surface area contributed by atoms with E-state index >= 15 is 0 Å². The number of ether oxygens (including phenoxy) is 1. The second-order valence-electron chi connectivity index (χ2n) is 6.66. The predicted octanol–water partition coefficient (Wildman–Crippen LogP) is 5.00. The number of hydrogen-bond donors (Lipinski definition) is 1. The van der Waals surface area contributed by atoms with Crippen molar-refractivity contribution >= 4 is 5.69 Å². The molecule has 1 heterocycles. The number of benzene rings is 2. The molecule has 0 saturated heterocycles. The van der Waals surface area contributed by atoms with Gasteiger partial charge >= 0.3 is 0 Å². The van der Waals surface area contributed by atoms with Crippen LogP contribution in [0.1, 0.15) is 27.8 Å². The zero-order valence-corrected chi connectivity index (χ0v) is 16.1. The smallest absolute Gasteiger partial charge is 0.159 e. The van der Waals surface area contributed by atoms with Gasteiger partial charge in [-0.1, -0.05) is 12.1 Å². The zero-order valence-electron chi connectivity index (χ0n) is 16.1. The minimum Gasteiger partial charge on any atom is -0.489 e. The molecule has 134 valence electrons. The predicted molar refractivity (Wildman–Crippen MR) is 107 cm³/mol. The van der Waals surface area contributed by atoms with E-state index in [1.54, 1.807) is 0 Å². The first-order chi connectivity index (χ1) is 12.5. The molecule has 3 aromatic rings. The minimum atomic E-state index is 0.531. The number of aryl methyl sites for hydroxylation is 4. The van der Waals surface area contributed by atoms with Gasteiger partial charge in [0.1, 0.15) is 12.4 Å². The lowest BCUT2D eigenvalue weighted by atomic mass is 10.0. The van der Waals surface area contributed by atoms with Gasteiger partial charge in [-0.15, -0.1) is 0 Å². The quantitative estimate of drug-likeness (QED) is 0.706. The summed E-state index contributed by atoms with van der Waals surface area (Å²) in [7, 11) is 1.93. The molecule has 0 fully saturated rings. The van der Waals surface area contributed by atoms with Crippen LogP contribution in [0, 0.1) is 27.7 Å². The molecule has 0 amide bonds. The van der Waals surface area contributed by atoms with Crippen LogP contribution in [-0.2, 0) is 6.61 Å². The molecule has 26 heavy (non-hydrogen) atoms. The van der Waals surface area contributed by atoms with E-state index in [0.717, 1.165) is 39.5 Å². The van der Waals surface area contributed by atoms with Crippen LogP contribution in [0.5, 0.6) is 5.75 Å². The van der Waals surface area contributed by atoms with Crippen LogP contribution in [0.4, 0.5) is 5.69 Å². The number of nitrogens with one attached hydrogen (secondary N) is 1. The third-order valence-electron chi connectivity index (χ3n) is 4.60. The van der Waals surface area contributed by atoms with Crippen LogP contribution >= 0.6 is 0 Å². The average molecular weight is 347 g/mol. The molecule has 4 heteroatoms. The molecule has 1 N–H and O–H groups in total. The molecular formula is C22H25N3O. The summed E-state index contributed by atoms with van der Waals surface area (Å²) in [6.45, 7) is 8.75. The molecule has 0 aliphatic rings. The average Bonchev–Trinajstić information content (AvgIpc) is 2.63. The van der Waals surface area contributed by atoms with Crippen molar-refractivity contribution in [2.75, 3.05) is 12.4 Å². The van der Waals surface area contributed by atoms with E-state index in [2.05, 4.69) is 66.4 Å². The van der Waals surface area contributed by atoms with E-state index < -0.39 is 0 Å². The summed E-state index contributed by atoms with van der Waals surface area (Å²) in [6, 6.07) is 10.4. The topological polar surface area (TPSA) is 47.0 Å². The van der Waals surface area contributed by atoms with Crippen LogP contribution in [0.2, 0.25) is 0 Å². The highest BCUT2D eigenvalue weighted by atomic mass is 16.5. The van der Waals surface area contributed by atoms with Crippen molar-refractivity contribution in [3.63, 3.8) is 0 Å². The summed E-state index contributed by atoms with van der Waals surface area (Å²) in [5, 5.41) is 3.24. The molecule has 0 saturated carbocycles. The molecule has 2 aromatic carbocycles. The molecule has 0 atom stereocenters. The lowest BCUT2D eigenvalue weighted by Gasteiger charge is -2.16. The van der Waals surface area contributed by atoms with Crippen LogP contribution < -0.4 is 10.1 Å². The van der Waals surface area contributed by atoms with Gasteiger partial charge in [0, 0.05) is 36.3 Å². The molecule has 0 bridgehead atoms. The summed E-state index contributed by atoms with van der Waals surface area (Å²) in [5.41, 5.74) is 7.78. The van der Waals surface area contributed by atoms with Gasteiger partial charge in [0.2, 0.25) is 0 Å². The number of rotatable bonds is 5. The van der Waals surface area contributed by atoms with Gasteiger partial charge in [0.25, 0.3) is 0 Å². The maximum Gasteiger partial charge on any atom is 0.159 e. The van der Waals surface area contributed by atoms with Crippen molar-refractivity contribution in [1.82, 2.24) is 9.97 Å². The molecule has 0 spiro atoms. The summed E-state index contributed by atoms with van der Waals surface area (Å²) < 4.78 is 6.16. The molecule has 3 rings (SSSR count). The van der Waals surface area contributed by atoms with Gasteiger partial charge in [0.15, 0.2) is 5.82 Å². The first kappa shape index (κ1) is 17.9. The minimum absolute atomic E-state index is 0.531. The lowest BCUT2D eigenvalue weighted by Crippen LogP contribution is -2.04. The van der Waals surface area contributed by atoms with Crippen molar-refractivity contribution in [2.24, 2.45) is 0 Å². The van der Waals surface area contributed by atoms with Gasteiger partial charge in [-0.3, -0.25) is 0 Å². The first-order valence-corrected chi connectivity index (χ1v) is 8.79. The SMILES string of the molecule is CNc1cccc(C)c1COc1cc(C)c(-c2ncc(C)cn2)cc1C. The van der Waals surface area contributed by atoms with E-state index in [4.69, 9.17) is 4.74 Å². The van der Waals surface area contributed by atoms with E-state index in [0.29, 0.717) is 6.61 Å². The monoisotopic (exact) mass is 347 g/mol. The maximum atomic E-state index is 6.16. The number of hydrogen-bond acceptors (Lipinski definition) is 4. The number of aromatic nitrogens is 2. The van der Waals surface area contributed by atoms with E-state index in [-0.39, 0.29) is 0 Å². The van der Waals surface area contributed by atoms with Crippen LogP contribution in [0.25, 0.3) is 11.4 Å². The van der Waals surface area contributed by atoms with Crippen LogP contribution in [0.15, 0.2) is 42.7 Å². The Kier molecular flexibility index (Phi) is 5.21. The number of nitrogens with zero attached hydrogens (tertiary/aromatic N) is 2. The Hall–Kier alpha value is -2.88. The summed E-state index contributed by atoms with van der Waals surface area (Å²) >= 11 is 0. The maximum absolute atomic E-state index is 6.16. The highest BCUT2D eigenvalue weighted by Gasteiger charge is 2.11. The second-order valence-corrected chi connectivity index (χ2v) is 6.66. The fourth-order valence-corrected chi connectivity index (χ4v) is 3.00. The van der Waals surface area contributed by atoms with Crippen molar-refractivity contribution in [1.29, 1.82) is 0 Å². The normalized spacial score (nSPS) is 10.7. The van der Waals surface area contributed by atoms with Gasteiger partial charge in [-0.2, -0.15) is 0 Å². The van der Waals surface area contributed by atoms with Crippen molar-refractivity contribution < 1.29 is 4.74 Å². The van der Waals surface area contributed by atoms with Gasteiger partial charge in [-0.05, 0) is 68.1 Å². The highest BCUT2D eigenvalue weighted by molar-refractivity contribution is 5.63. The van der Waals surface area contributed by atoms with E-state index in [1.807, 2.05) is 26.4 Å². The molecule has 4 nitrogen and oxygen atoms in total. The van der Waals surface area contributed by atoms with Gasteiger partial charge < -0.3 is 10.1 Å². The molecule has 0 unspecified atom stereocenters. The third kappa shape index (κ3) is 3.69. The molecule has 0 aliphatic carbocycles. The Balaban J connectivity index is 1.86. The Morgan fingerprint density at radius 3 is 2.35 bits per heavy atom. The Morgan fingerprint density at radius 2 is 1.65 bits per heavy atom. The number of anilines is 1. The largest absolute Gasteiger partial charge is 0.489 e. The van der Waals surface area contributed by atoms with Gasteiger partial charge in [-0.25, -0.2) is 9.97 Å². The Morgan fingerprint density at radius 1 is 0.923 bits per heavy atom. The zero-order chi connectivity index (χ0) is 18.7. The fourth-order valence-electron chi connectivity index (χ4n) is 3.00. The van der Waals surface area contributed by atoms with E-state index in [1.165, 1.54) is 11.1 Å². The molecule has 0 radical (unpaired) electrons. The Bertz CT molecular complexity index is 917. The molecular weight excluding hydrogens is 322 g/mol. The second kappa shape index (κ2) is 7.56. The summed E-state index contributed by atoms with van der Waals surface area (Å²) in [6.07, 6.45) is 3.69. The third-order valence-corrected chi connectivity index (χ3v) is 4.60. The Labute approximate surface area is 155 Å². The summed E-state index contributed by atoms with van der Waals surface area (Å²) in [5.74, 6) is 1.64. The van der Waals surface area contributed by atoms with Crippen molar-refractivity contribution in [3.05, 3.63) is 70.5 Å². The van der Waals surface area contributed by atoms with Crippen molar-refractivity contribution in [2.45, 2.75) is 34.3 Å². The standard InChI is InChI=1S/C22H25N3O/c1-14-11-24-22(25-12-14)18-9-17(4)21(10-16(18)3)26-13-19-15(2)7-6-8-20(19)23-5/h6-12,23H,13H2,1-5H3. The summed E-state index contributed by atoms with van der Waals surface area (Å²) in [4.78, 5) is 8.90. The van der Waals surface area contributed by atoms with Crippen LogP contribution in [-0.4, -0.2) is 17.0 Å². The highest BCUT2D eigenvalue weighted by Crippen LogP contribution is 2.30. The van der Waals surface area contributed by atoms with Gasteiger partial charge in [0.05, 0.1) is 0 Å². The van der Waals surface area contributed by atoms with E-state index in [9.17, 15) is 0 Å². The first-order valence-electron chi connectivity index (χ1n) is 8.79.